The Bertz CT molecular complexity index is 940. The highest BCUT2D eigenvalue weighted by atomic mass is 16.3. The summed E-state index contributed by atoms with van der Waals surface area (Å²) in [5.41, 5.74) is -0.174. The summed E-state index contributed by atoms with van der Waals surface area (Å²) in [6, 6.07) is 9.35. The van der Waals surface area contributed by atoms with Crippen LogP contribution < -0.4 is 0 Å². The number of piperidine rings is 1. The molecule has 3 aromatic rings. The molecule has 2 atom stereocenters. The number of aliphatic hydroxyl groups is 1. The molecule has 0 spiro atoms. The van der Waals surface area contributed by atoms with Crippen LogP contribution in [0, 0.1) is 0 Å². The molecule has 146 valence electrons. The number of rotatable bonds is 4. The van der Waals surface area contributed by atoms with Gasteiger partial charge in [0.2, 0.25) is 5.82 Å². The number of benzene rings is 1. The highest BCUT2D eigenvalue weighted by molar-refractivity contribution is 5.90. The third kappa shape index (κ3) is 3.16. The maximum atomic E-state index is 12.9. The predicted octanol–water partition coefficient (Wildman–Crippen LogP) is 0.0493. The topological polar surface area (TPSA) is 116 Å². The molecule has 0 radical (unpaired) electrons. The van der Waals surface area contributed by atoms with E-state index in [9.17, 15) is 9.90 Å². The van der Waals surface area contributed by atoms with Crippen LogP contribution in [0.4, 0.5) is 0 Å². The molecule has 10 heteroatoms. The van der Waals surface area contributed by atoms with Crippen molar-refractivity contribution < 1.29 is 9.90 Å². The van der Waals surface area contributed by atoms with E-state index < -0.39 is 5.60 Å². The fraction of sp³-hybridized carbons (Fsp3) is 0.389. The SMILES string of the molecule is CN(C)[C@@H]1CN(C(=O)c2nc(-n3cnnc3)n[nH]2)CC[C@]1(O)c1ccccc1. The van der Waals surface area contributed by atoms with Crippen molar-refractivity contribution in [2.45, 2.75) is 18.1 Å². The molecule has 0 aliphatic carbocycles. The second kappa shape index (κ2) is 7.13. The smallest absolute Gasteiger partial charge is 0.291 e. The molecule has 3 heterocycles. The number of nitrogens with one attached hydrogen (secondary N) is 1. The number of H-pyrrole nitrogens is 1. The van der Waals surface area contributed by atoms with Crippen molar-refractivity contribution in [3.63, 3.8) is 0 Å². The zero-order valence-electron chi connectivity index (χ0n) is 15.7. The number of likely N-dealkylation sites (tertiary alicyclic amines) is 1. The number of aromatic amines is 1. The lowest BCUT2D eigenvalue weighted by Crippen LogP contribution is -2.60. The van der Waals surface area contributed by atoms with E-state index in [1.54, 1.807) is 4.90 Å². The van der Waals surface area contributed by atoms with E-state index in [0.717, 1.165) is 5.56 Å². The van der Waals surface area contributed by atoms with E-state index in [4.69, 9.17) is 0 Å². The second-order valence-electron chi connectivity index (χ2n) is 7.12. The van der Waals surface area contributed by atoms with Gasteiger partial charge in [-0.3, -0.25) is 14.5 Å². The van der Waals surface area contributed by atoms with E-state index in [1.807, 2.05) is 49.3 Å². The van der Waals surface area contributed by atoms with Gasteiger partial charge in [0, 0.05) is 13.1 Å². The first-order valence-electron chi connectivity index (χ1n) is 9.00. The number of amides is 1. The number of likely N-dealkylation sites (N-methyl/N-ethyl adjacent to an activating group) is 1. The molecule has 4 rings (SSSR count). The minimum atomic E-state index is -1.03. The number of carbonyl (C=O) groups is 1. The van der Waals surface area contributed by atoms with Gasteiger partial charge in [0.15, 0.2) is 0 Å². The van der Waals surface area contributed by atoms with Gasteiger partial charge >= 0.3 is 0 Å². The molecule has 28 heavy (non-hydrogen) atoms. The molecular formula is C18H22N8O2. The molecule has 0 saturated carbocycles. The summed E-state index contributed by atoms with van der Waals surface area (Å²) in [6.07, 6.45) is 3.35. The summed E-state index contributed by atoms with van der Waals surface area (Å²) in [5, 5.41) is 25.6. The van der Waals surface area contributed by atoms with E-state index in [2.05, 4.69) is 25.4 Å². The van der Waals surface area contributed by atoms with Crippen LogP contribution in [0.2, 0.25) is 0 Å². The van der Waals surface area contributed by atoms with Crippen LogP contribution in [0.5, 0.6) is 0 Å². The largest absolute Gasteiger partial charge is 0.383 e. The zero-order chi connectivity index (χ0) is 19.7. The Kier molecular flexibility index (Phi) is 4.65. The van der Waals surface area contributed by atoms with E-state index in [0.29, 0.717) is 25.5 Å². The summed E-state index contributed by atoms with van der Waals surface area (Å²) >= 11 is 0. The third-order valence-electron chi connectivity index (χ3n) is 5.22. The molecule has 1 aliphatic rings. The first kappa shape index (κ1) is 18.3. The summed E-state index contributed by atoms with van der Waals surface area (Å²) < 4.78 is 1.51. The van der Waals surface area contributed by atoms with Crippen LogP contribution in [-0.2, 0) is 5.60 Å². The first-order chi connectivity index (χ1) is 13.5. The normalized spacial score (nSPS) is 22.6. The first-order valence-corrected chi connectivity index (χ1v) is 9.00. The van der Waals surface area contributed by atoms with Crippen LogP contribution in [0.1, 0.15) is 22.6 Å². The monoisotopic (exact) mass is 382 g/mol. The van der Waals surface area contributed by atoms with Gasteiger partial charge in [0.25, 0.3) is 11.9 Å². The molecule has 10 nitrogen and oxygen atoms in total. The quantitative estimate of drug-likeness (QED) is 0.655. The lowest BCUT2D eigenvalue weighted by Gasteiger charge is -2.47. The van der Waals surface area contributed by atoms with Gasteiger partial charge in [-0.1, -0.05) is 30.3 Å². The maximum Gasteiger partial charge on any atom is 0.291 e. The van der Waals surface area contributed by atoms with Crippen LogP contribution in [0.25, 0.3) is 5.95 Å². The Hall–Kier alpha value is -3.11. The van der Waals surface area contributed by atoms with Crippen molar-refractivity contribution in [1.29, 1.82) is 0 Å². The number of aromatic nitrogens is 6. The molecule has 1 amide bonds. The van der Waals surface area contributed by atoms with Gasteiger partial charge < -0.3 is 14.9 Å². The molecule has 1 aliphatic heterocycles. The van der Waals surface area contributed by atoms with E-state index in [-0.39, 0.29) is 17.8 Å². The summed E-state index contributed by atoms with van der Waals surface area (Å²) in [6.45, 7) is 0.789. The molecular weight excluding hydrogens is 360 g/mol. The summed E-state index contributed by atoms with van der Waals surface area (Å²) in [4.78, 5) is 20.8. The lowest BCUT2D eigenvalue weighted by molar-refractivity contribution is -0.0812. The maximum absolute atomic E-state index is 12.9. The van der Waals surface area contributed by atoms with E-state index in [1.165, 1.54) is 17.2 Å². The Morgan fingerprint density at radius 2 is 1.96 bits per heavy atom. The number of nitrogens with zero attached hydrogens (tertiary/aromatic N) is 7. The van der Waals surface area contributed by atoms with Crippen molar-refractivity contribution in [2.24, 2.45) is 0 Å². The fourth-order valence-electron chi connectivity index (χ4n) is 3.68. The summed E-state index contributed by atoms with van der Waals surface area (Å²) in [5.74, 6) is 0.190. The van der Waals surface area contributed by atoms with Gasteiger partial charge in [0.1, 0.15) is 18.3 Å². The predicted molar refractivity (Wildman–Crippen MR) is 99.6 cm³/mol. The Morgan fingerprint density at radius 1 is 1.25 bits per heavy atom. The highest BCUT2D eigenvalue weighted by Gasteiger charge is 2.45. The second-order valence-corrected chi connectivity index (χ2v) is 7.12. The standard InChI is InChI=1S/C18H22N8O2/c1-24(2)14-10-25(9-8-18(14,28)13-6-4-3-5-7-13)16(27)15-21-17(23-22-15)26-11-19-20-12-26/h3-7,11-12,14,28H,8-10H2,1-2H3,(H,21,22,23)/t14-,18+/m1/s1. The van der Waals surface area contributed by atoms with Crippen LogP contribution in [0.3, 0.4) is 0 Å². The molecule has 2 aromatic heterocycles. The third-order valence-corrected chi connectivity index (χ3v) is 5.22. The molecule has 1 aromatic carbocycles. The number of hydrogen-bond acceptors (Lipinski definition) is 7. The average molecular weight is 382 g/mol. The summed E-state index contributed by atoms with van der Waals surface area (Å²) in [7, 11) is 3.82. The minimum Gasteiger partial charge on any atom is -0.383 e. The van der Waals surface area contributed by atoms with Gasteiger partial charge in [-0.05, 0) is 26.1 Å². The Balaban J connectivity index is 1.55. The zero-order valence-corrected chi connectivity index (χ0v) is 15.7. The Morgan fingerprint density at radius 3 is 2.64 bits per heavy atom. The van der Waals surface area contributed by atoms with Crippen molar-refractivity contribution >= 4 is 5.91 Å². The average Bonchev–Trinajstić information content (AvgIpc) is 3.40. The van der Waals surface area contributed by atoms with Gasteiger partial charge in [-0.2, -0.15) is 4.98 Å². The van der Waals surface area contributed by atoms with E-state index >= 15 is 0 Å². The molecule has 0 bridgehead atoms. The molecule has 1 fully saturated rings. The number of carbonyl (C=O) groups excluding carboxylic acids is 1. The van der Waals surface area contributed by atoms with Crippen LogP contribution >= 0.6 is 0 Å². The Labute approximate surface area is 161 Å². The molecule has 0 unspecified atom stereocenters. The van der Waals surface area contributed by atoms with Gasteiger partial charge in [-0.25, -0.2) is 0 Å². The number of hydrogen-bond donors (Lipinski definition) is 2. The van der Waals surface area contributed by atoms with Crippen molar-refractivity contribution in [1.82, 2.24) is 39.7 Å². The van der Waals surface area contributed by atoms with Gasteiger partial charge in [0.05, 0.1) is 6.04 Å². The van der Waals surface area contributed by atoms with Crippen molar-refractivity contribution in [3.05, 3.63) is 54.4 Å². The minimum absolute atomic E-state index is 0.145. The van der Waals surface area contributed by atoms with Crippen LogP contribution in [-0.4, -0.2) is 84.0 Å². The highest BCUT2D eigenvalue weighted by Crippen LogP contribution is 2.35. The molecule has 1 saturated heterocycles. The van der Waals surface area contributed by atoms with Gasteiger partial charge in [-0.15, -0.1) is 15.3 Å². The lowest BCUT2D eigenvalue weighted by atomic mass is 9.80. The van der Waals surface area contributed by atoms with Crippen molar-refractivity contribution in [3.8, 4) is 5.95 Å². The van der Waals surface area contributed by atoms with Crippen molar-refractivity contribution in [2.75, 3.05) is 27.2 Å². The van der Waals surface area contributed by atoms with Crippen LogP contribution in [0.15, 0.2) is 43.0 Å². The molecule has 2 N–H and O–H groups in total. The fourth-order valence-corrected chi connectivity index (χ4v) is 3.68.